The number of hydrogen-bond donors (Lipinski definition) is 4. The van der Waals surface area contributed by atoms with Gasteiger partial charge in [-0.15, -0.1) is 0 Å². The number of fused-ring (bicyclic) bond motifs is 4. The molecule has 0 spiro atoms. The van der Waals surface area contributed by atoms with Gasteiger partial charge in [-0.25, -0.2) is 19.9 Å². The molecule has 2 aromatic heterocycles. The van der Waals surface area contributed by atoms with Crippen molar-refractivity contribution in [3.8, 4) is 22.3 Å². The third kappa shape index (κ3) is 9.65. The molecular weight excluding hydrogens is 861 g/mol. The Morgan fingerprint density at radius 2 is 1.00 bits per heavy atom. The summed E-state index contributed by atoms with van der Waals surface area (Å²) in [6, 6.07) is 44.7. The summed E-state index contributed by atoms with van der Waals surface area (Å²) in [6.45, 7) is 3.06. The molecule has 13 heteroatoms. The van der Waals surface area contributed by atoms with Crippen LogP contribution in [0.1, 0.15) is 97.7 Å². The number of anilines is 2. The summed E-state index contributed by atoms with van der Waals surface area (Å²) in [7, 11) is 0. The van der Waals surface area contributed by atoms with Gasteiger partial charge in [-0.05, 0) is 100 Å². The van der Waals surface area contributed by atoms with E-state index < -0.39 is 0 Å². The van der Waals surface area contributed by atoms with E-state index in [1.54, 1.807) is 17.0 Å². The molecule has 69 heavy (non-hydrogen) atoms. The third-order valence-electron chi connectivity index (χ3n) is 13.7. The summed E-state index contributed by atoms with van der Waals surface area (Å²) in [5.41, 5.74) is 29.5. The van der Waals surface area contributed by atoms with E-state index in [0.29, 0.717) is 65.9 Å². The van der Waals surface area contributed by atoms with Crippen LogP contribution in [0.3, 0.4) is 0 Å². The van der Waals surface area contributed by atoms with Gasteiger partial charge in [-0.1, -0.05) is 122 Å². The average molecular weight is 915 g/mol. The normalized spacial score (nSPS) is 15.0. The van der Waals surface area contributed by atoms with Gasteiger partial charge in [0, 0.05) is 61.1 Å². The maximum absolute atomic E-state index is 13.6. The summed E-state index contributed by atoms with van der Waals surface area (Å²) in [5, 5.41) is 5.01. The number of nitrogen functional groups attached to an aromatic ring is 2. The first-order valence-corrected chi connectivity index (χ1v) is 23.7. The molecule has 2 aliphatic heterocycles. The van der Waals surface area contributed by atoms with E-state index >= 15 is 0 Å². The Labute approximate surface area is 400 Å². The van der Waals surface area contributed by atoms with Crippen molar-refractivity contribution in [2.24, 2.45) is 5.73 Å². The second kappa shape index (κ2) is 19.8. The van der Waals surface area contributed by atoms with Crippen molar-refractivity contribution in [1.82, 2.24) is 35.1 Å². The van der Waals surface area contributed by atoms with Crippen molar-refractivity contribution in [1.29, 1.82) is 0 Å². The van der Waals surface area contributed by atoms with Gasteiger partial charge in [0.2, 0.25) is 11.9 Å². The molecule has 7 N–H and O–H groups in total. The van der Waals surface area contributed by atoms with Crippen molar-refractivity contribution in [2.75, 3.05) is 11.5 Å². The lowest BCUT2D eigenvalue weighted by Crippen LogP contribution is -2.34. The monoisotopic (exact) mass is 914 g/mol. The van der Waals surface area contributed by atoms with E-state index in [2.05, 4.69) is 67.7 Å². The molecule has 0 radical (unpaired) electrons. The lowest BCUT2D eigenvalue weighted by molar-refractivity contribution is 0.0741. The van der Waals surface area contributed by atoms with Gasteiger partial charge in [-0.2, -0.15) is 0 Å². The van der Waals surface area contributed by atoms with E-state index in [1.165, 1.54) is 55.2 Å². The van der Waals surface area contributed by atoms with Crippen molar-refractivity contribution in [3.05, 3.63) is 178 Å². The Hall–Kier alpha value is -7.87. The Morgan fingerprint density at radius 3 is 1.45 bits per heavy atom. The maximum Gasteiger partial charge on any atom is 0.273 e. The Bertz CT molecular complexity index is 3190. The zero-order valence-electron chi connectivity index (χ0n) is 38.4. The average Bonchev–Trinajstić information content (AvgIpc) is 4.00. The van der Waals surface area contributed by atoms with Gasteiger partial charge in [0.1, 0.15) is 11.4 Å². The van der Waals surface area contributed by atoms with Crippen molar-refractivity contribution >= 4 is 51.8 Å². The van der Waals surface area contributed by atoms with Crippen LogP contribution in [0.25, 0.3) is 44.1 Å². The molecule has 0 saturated heterocycles. The van der Waals surface area contributed by atoms with Crippen molar-refractivity contribution in [2.45, 2.75) is 83.3 Å². The van der Waals surface area contributed by atoms with Gasteiger partial charge in [0.05, 0.1) is 11.0 Å². The number of benzene rings is 6. The zero-order valence-corrected chi connectivity index (χ0v) is 38.4. The highest BCUT2D eigenvalue weighted by Crippen LogP contribution is 2.33. The number of hydrogen-bond acceptors (Lipinski definition) is 11. The highest BCUT2D eigenvalue weighted by atomic mass is 16.2. The van der Waals surface area contributed by atoms with Crippen LogP contribution in [0, 0.1) is 0 Å². The summed E-state index contributed by atoms with van der Waals surface area (Å²) >= 11 is 0. The summed E-state index contributed by atoms with van der Waals surface area (Å²) in [5.74, 6) is -0.132. The molecule has 6 aromatic carbocycles. The summed E-state index contributed by atoms with van der Waals surface area (Å²) in [6.07, 6.45) is 8.53. The minimum Gasteiger partial charge on any atom is -0.368 e. The number of nitrogens with two attached hydrogens (primary N) is 3. The number of rotatable bonds is 8. The minimum atomic E-state index is -0.189. The maximum atomic E-state index is 13.6. The number of aldehydes is 1. The quantitative estimate of drug-likeness (QED) is 0.106. The molecule has 0 atom stereocenters. The largest absolute Gasteiger partial charge is 0.368 e. The SMILES string of the molecule is NC1CCC1.Nc1nc(C(=O)N2Cc3ccccc3C2)c2cc(-c3ccccc3C=O)ccc2n1.Nc1nc(C(=O)N2Cc3ccccc3C2)c2cc(-c3ccccc3CNC3CCC3)ccc2n1. The van der Waals surface area contributed by atoms with E-state index in [4.69, 9.17) is 17.2 Å². The van der Waals surface area contributed by atoms with Crippen LogP contribution in [0.5, 0.6) is 0 Å². The summed E-state index contributed by atoms with van der Waals surface area (Å²) in [4.78, 5) is 59.4. The first kappa shape index (κ1) is 44.9. The number of amides is 2. The lowest BCUT2D eigenvalue weighted by atomic mass is 9.92. The first-order chi connectivity index (χ1) is 33.7. The molecule has 2 fully saturated rings. The second-order valence-electron chi connectivity index (χ2n) is 18.2. The molecule has 346 valence electrons. The molecule has 8 aromatic rings. The van der Waals surface area contributed by atoms with Crippen molar-refractivity contribution in [3.63, 3.8) is 0 Å². The van der Waals surface area contributed by atoms with Gasteiger partial charge in [0.25, 0.3) is 11.8 Å². The Balaban J connectivity index is 0.000000146. The number of aromatic nitrogens is 4. The predicted octanol–water partition coefficient (Wildman–Crippen LogP) is 9.02. The molecule has 12 rings (SSSR count). The van der Waals surface area contributed by atoms with Crippen LogP contribution in [0.2, 0.25) is 0 Å². The molecule has 4 heterocycles. The fourth-order valence-corrected chi connectivity index (χ4v) is 9.33. The minimum absolute atomic E-state index is 0.0589. The van der Waals surface area contributed by atoms with Crippen LogP contribution in [0.15, 0.2) is 133 Å². The zero-order chi connectivity index (χ0) is 47.4. The number of carbonyl (C=O) groups excluding carboxylic acids is 3. The topological polar surface area (TPSA) is 199 Å². The molecule has 13 nitrogen and oxygen atoms in total. The Kier molecular flexibility index (Phi) is 12.9. The smallest absolute Gasteiger partial charge is 0.273 e. The van der Waals surface area contributed by atoms with E-state index in [-0.39, 0.29) is 29.4 Å². The molecule has 2 amide bonds. The predicted molar refractivity (Wildman–Crippen MR) is 271 cm³/mol. The summed E-state index contributed by atoms with van der Waals surface area (Å²) < 4.78 is 0. The van der Waals surface area contributed by atoms with Crippen LogP contribution in [-0.2, 0) is 32.7 Å². The van der Waals surface area contributed by atoms with Crippen LogP contribution in [-0.4, -0.2) is 59.9 Å². The van der Waals surface area contributed by atoms with E-state index in [0.717, 1.165) is 51.6 Å². The fourth-order valence-electron chi connectivity index (χ4n) is 9.33. The van der Waals surface area contributed by atoms with E-state index in [1.807, 2.05) is 83.8 Å². The van der Waals surface area contributed by atoms with Crippen LogP contribution in [0.4, 0.5) is 11.9 Å². The number of carbonyl (C=O) groups is 3. The molecule has 0 unspecified atom stereocenters. The first-order valence-electron chi connectivity index (χ1n) is 23.7. The van der Waals surface area contributed by atoms with Gasteiger partial charge in [-0.3, -0.25) is 14.4 Å². The third-order valence-corrected chi connectivity index (χ3v) is 13.7. The molecule has 2 aliphatic carbocycles. The van der Waals surface area contributed by atoms with Gasteiger partial charge < -0.3 is 32.3 Å². The molecule has 4 aliphatic rings. The molecule has 0 bridgehead atoms. The molecular formula is C56H54N10O3. The van der Waals surface area contributed by atoms with Crippen LogP contribution >= 0.6 is 0 Å². The van der Waals surface area contributed by atoms with Crippen molar-refractivity contribution < 1.29 is 14.4 Å². The highest BCUT2D eigenvalue weighted by Gasteiger charge is 2.29. The van der Waals surface area contributed by atoms with Gasteiger partial charge in [0.15, 0.2) is 6.29 Å². The van der Waals surface area contributed by atoms with Crippen LogP contribution < -0.4 is 22.5 Å². The molecule has 2 saturated carbocycles. The second-order valence-corrected chi connectivity index (χ2v) is 18.2. The Morgan fingerprint density at radius 1 is 0.565 bits per heavy atom. The standard InChI is InChI=1S/C28H27N5O.C24H18N4O2.C4H9N/c29-28-31-25-13-12-18(23-11-4-3-6-19(23)15-30-22-9-5-10-22)14-24(25)26(32-28)27(34)33-16-20-7-1-2-8-21(20)17-33;25-24-26-21-10-9-15(19-8-4-3-7-18(19)14-29)11-20(21)22(27-24)23(30)28-12-16-5-1-2-6-17(16)13-28;5-4-2-1-3-4/h1-4,6-8,11-14,22,30H,5,9-10,15-17H2,(H2,29,31,32);1-11,14H,12-13H2,(H2,25,26,27);4H,1-3,5H2. The fraction of sp³-hybridized carbons (Fsp3) is 0.232. The van der Waals surface area contributed by atoms with Gasteiger partial charge >= 0.3 is 0 Å². The number of nitrogens with one attached hydrogen (secondary N) is 1. The number of nitrogens with zero attached hydrogens (tertiary/aromatic N) is 6. The van der Waals surface area contributed by atoms with E-state index in [9.17, 15) is 14.4 Å². The lowest BCUT2D eigenvalue weighted by Gasteiger charge is -2.27. The highest BCUT2D eigenvalue weighted by molar-refractivity contribution is 6.07.